The molecule has 0 atom stereocenters. The first-order chi connectivity index (χ1) is 8.76. The van der Waals surface area contributed by atoms with E-state index in [1.165, 1.54) is 0 Å². The third-order valence-electron chi connectivity index (χ3n) is 2.33. The molecule has 0 fully saturated rings. The van der Waals surface area contributed by atoms with Gasteiger partial charge in [0, 0.05) is 6.42 Å². The Labute approximate surface area is 108 Å². The smallest absolute Gasteiger partial charge is 0.306 e. The summed E-state index contributed by atoms with van der Waals surface area (Å²) >= 11 is 0. The predicted octanol–water partition coefficient (Wildman–Crippen LogP) is 2.58. The topological polar surface area (TPSA) is 35.5 Å². The Morgan fingerprint density at radius 1 is 1.28 bits per heavy atom. The number of carbonyl (C=O) groups excluding carboxylic acids is 1. The second-order valence-corrected chi connectivity index (χ2v) is 3.66. The van der Waals surface area contributed by atoms with Gasteiger partial charge in [0.2, 0.25) is 0 Å². The van der Waals surface area contributed by atoms with Gasteiger partial charge in [0.05, 0.1) is 6.61 Å². The monoisotopic (exact) mass is 246 g/mol. The van der Waals surface area contributed by atoms with Gasteiger partial charge in [-0.25, -0.2) is 0 Å². The Kier molecular flexibility index (Phi) is 6.42. The highest BCUT2D eigenvalue weighted by atomic mass is 16.5. The van der Waals surface area contributed by atoms with E-state index in [0.717, 1.165) is 11.3 Å². The molecular formula is C15H18O3. The van der Waals surface area contributed by atoms with Crippen molar-refractivity contribution >= 4 is 5.97 Å². The van der Waals surface area contributed by atoms with E-state index in [-0.39, 0.29) is 5.97 Å². The van der Waals surface area contributed by atoms with E-state index in [4.69, 9.17) is 9.47 Å². The van der Waals surface area contributed by atoms with E-state index in [1.807, 2.05) is 31.2 Å². The van der Waals surface area contributed by atoms with Crippen LogP contribution in [0.5, 0.6) is 5.75 Å². The van der Waals surface area contributed by atoms with Crippen molar-refractivity contribution in [2.45, 2.75) is 26.7 Å². The van der Waals surface area contributed by atoms with Crippen LogP contribution in [-0.2, 0) is 16.0 Å². The van der Waals surface area contributed by atoms with Gasteiger partial charge in [0.25, 0.3) is 0 Å². The lowest BCUT2D eigenvalue weighted by Crippen LogP contribution is -2.05. The van der Waals surface area contributed by atoms with E-state index in [0.29, 0.717) is 26.1 Å². The maximum absolute atomic E-state index is 11.2. The standard InChI is InChI=1S/C15H18O3/c1-3-5-12-18-14-9-6-13(7-10-14)8-11-15(16)17-4-2/h6-7,9-10H,4,8,11-12H2,1-2H3. The van der Waals surface area contributed by atoms with Crippen molar-refractivity contribution in [2.24, 2.45) is 0 Å². The molecule has 0 aromatic heterocycles. The fourth-order valence-electron chi connectivity index (χ4n) is 1.42. The predicted molar refractivity (Wildman–Crippen MR) is 70.3 cm³/mol. The second-order valence-electron chi connectivity index (χ2n) is 3.66. The molecule has 0 saturated carbocycles. The summed E-state index contributed by atoms with van der Waals surface area (Å²) in [5, 5.41) is 0. The molecule has 1 rings (SSSR count). The van der Waals surface area contributed by atoms with Crippen LogP contribution in [0.2, 0.25) is 0 Å². The van der Waals surface area contributed by atoms with Crippen molar-refractivity contribution in [1.29, 1.82) is 0 Å². The number of benzene rings is 1. The molecular weight excluding hydrogens is 228 g/mol. The number of hydrogen-bond acceptors (Lipinski definition) is 3. The number of rotatable bonds is 6. The molecule has 0 N–H and O–H groups in total. The van der Waals surface area contributed by atoms with Gasteiger partial charge in [-0.05, 0) is 38.0 Å². The molecule has 18 heavy (non-hydrogen) atoms. The first-order valence-electron chi connectivity index (χ1n) is 6.03. The van der Waals surface area contributed by atoms with Gasteiger partial charge in [-0.3, -0.25) is 4.79 Å². The molecule has 0 unspecified atom stereocenters. The quantitative estimate of drug-likeness (QED) is 0.571. The molecule has 0 aliphatic carbocycles. The van der Waals surface area contributed by atoms with Crippen molar-refractivity contribution in [3.63, 3.8) is 0 Å². The number of hydrogen-bond donors (Lipinski definition) is 0. The van der Waals surface area contributed by atoms with Gasteiger partial charge in [-0.2, -0.15) is 0 Å². The summed E-state index contributed by atoms with van der Waals surface area (Å²) in [4.78, 5) is 11.2. The Bertz CT molecular complexity index is 423. The van der Waals surface area contributed by atoms with Crippen molar-refractivity contribution in [2.75, 3.05) is 13.2 Å². The molecule has 0 saturated heterocycles. The van der Waals surface area contributed by atoms with E-state index >= 15 is 0 Å². The van der Waals surface area contributed by atoms with Crippen molar-refractivity contribution in [1.82, 2.24) is 0 Å². The number of ether oxygens (including phenoxy) is 2. The average Bonchev–Trinajstić information content (AvgIpc) is 2.38. The molecule has 0 aliphatic heterocycles. The lowest BCUT2D eigenvalue weighted by molar-refractivity contribution is -0.143. The lowest BCUT2D eigenvalue weighted by atomic mass is 10.1. The van der Waals surface area contributed by atoms with E-state index < -0.39 is 0 Å². The third-order valence-corrected chi connectivity index (χ3v) is 2.33. The van der Waals surface area contributed by atoms with Crippen LogP contribution in [0.3, 0.4) is 0 Å². The Hall–Kier alpha value is -1.95. The molecule has 0 radical (unpaired) electrons. The molecule has 1 aromatic carbocycles. The zero-order valence-electron chi connectivity index (χ0n) is 10.9. The Balaban J connectivity index is 2.39. The van der Waals surface area contributed by atoms with Crippen LogP contribution in [0.15, 0.2) is 24.3 Å². The maximum Gasteiger partial charge on any atom is 0.306 e. The Morgan fingerprint density at radius 3 is 2.61 bits per heavy atom. The third kappa shape index (κ3) is 5.40. The molecule has 0 bridgehead atoms. The molecule has 96 valence electrons. The number of carbonyl (C=O) groups is 1. The van der Waals surface area contributed by atoms with Crippen LogP contribution >= 0.6 is 0 Å². The zero-order chi connectivity index (χ0) is 13.2. The van der Waals surface area contributed by atoms with Crippen LogP contribution in [0, 0.1) is 11.8 Å². The minimum Gasteiger partial charge on any atom is -0.481 e. The zero-order valence-corrected chi connectivity index (χ0v) is 10.9. The molecule has 0 spiro atoms. The molecule has 0 amide bonds. The summed E-state index contributed by atoms with van der Waals surface area (Å²) in [7, 11) is 0. The first-order valence-corrected chi connectivity index (χ1v) is 6.03. The van der Waals surface area contributed by atoms with Crippen LogP contribution in [0.1, 0.15) is 25.8 Å². The second kappa shape index (κ2) is 8.19. The molecule has 3 heteroatoms. The van der Waals surface area contributed by atoms with Gasteiger partial charge < -0.3 is 9.47 Å². The average molecular weight is 246 g/mol. The summed E-state index contributed by atoms with van der Waals surface area (Å²) in [6.45, 7) is 4.42. The summed E-state index contributed by atoms with van der Waals surface area (Å²) in [6, 6.07) is 7.68. The van der Waals surface area contributed by atoms with E-state index in [1.54, 1.807) is 6.92 Å². The SMILES string of the molecule is CC#CCOc1ccc(CCC(=O)OCC)cc1. The van der Waals surface area contributed by atoms with Gasteiger partial charge in [0.1, 0.15) is 12.4 Å². The summed E-state index contributed by atoms with van der Waals surface area (Å²) in [6.07, 6.45) is 1.10. The highest BCUT2D eigenvalue weighted by molar-refractivity contribution is 5.69. The van der Waals surface area contributed by atoms with Crippen LogP contribution in [-0.4, -0.2) is 19.2 Å². The Morgan fingerprint density at radius 2 is 2.00 bits per heavy atom. The molecule has 0 heterocycles. The normalized spacial score (nSPS) is 9.22. The number of esters is 1. The van der Waals surface area contributed by atoms with E-state index in [9.17, 15) is 4.79 Å². The lowest BCUT2D eigenvalue weighted by Gasteiger charge is -2.04. The minimum absolute atomic E-state index is 0.156. The summed E-state index contributed by atoms with van der Waals surface area (Å²) in [5.74, 6) is 6.23. The fraction of sp³-hybridized carbons (Fsp3) is 0.400. The maximum atomic E-state index is 11.2. The number of aryl methyl sites for hydroxylation is 1. The van der Waals surface area contributed by atoms with Crippen LogP contribution in [0.4, 0.5) is 0 Å². The van der Waals surface area contributed by atoms with Crippen molar-refractivity contribution in [3.8, 4) is 17.6 Å². The largest absolute Gasteiger partial charge is 0.481 e. The van der Waals surface area contributed by atoms with Gasteiger partial charge in [-0.15, -0.1) is 5.92 Å². The summed E-state index contributed by atoms with van der Waals surface area (Å²) < 4.78 is 10.3. The molecule has 3 nitrogen and oxygen atoms in total. The molecule has 1 aromatic rings. The fourth-order valence-corrected chi connectivity index (χ4v) is 1.42. The molecule has 0 aliphatic rings. The van der Waals surface area contributed by atoms with Crippen LogP contribution in [0.25, 0.3) is 0 Å². The first kappa shape index (κ1) is 14.1. The summed E-state index contributed by atoms with van der Waals surface area (Å²) in [5.41, 5.74) is 1.09. The van der Waals surface area contributed by atoms with Gasteiger partial charge >= 0.3 is 5.97 Å². The highest BCUT2D eigenvalue weighted by Crippen LogP contribution is 2.13. The van der Waals surface area contributed by atoms with Crippen molar-refractivity contribution in [3.05, 3.63) is 29.8 Å². The van der Waals surface area contributed by atoms with E-state index in [2.05, 4.69) is 11.8 Å². The van der Waals surface area contributed by atoms with Gasteiger partial charge in [0.15, 0.2) is 0 Å². The van der Waals surface area contributed by atoms with Crippen molar-refractivity contribution < 1.29 is 14.3 Å². The van der Waals surface area contributed by atoms with Crippen LogP contribution < -0.4 is 4.74 Å². The minimum atomic E-state index is -0.156. The van der Waals surface area contributed by atoms with Gasteiger partial charge in [-0.1, -0.05) is 18.1 Å². The highest BCUT2D eigenvalue weighted by Gasteiger charge is 2.02.